The minimum atomic E-state index is 0.154. The van der Waals surface area contributed by atoms with E-state index in [1.165, 1.54) is 37.7 Å². The van der Waals surface area contributed by atoms with Crippen molar-refractivity contribution in [3.8, 4) is 0 Å². The molecule has 1 aromatic carbocycles. The van der Waals surface area contributed by atoms with Crippen molar-refractivity contribution in [2.24, 2.45) is 5.92 Å². The highest BCUT2D eigenvalue weighted by Gasteiger charge is 2.15. The SMILES string of the molecule is COCCN(CCCc1ccccc1)CC(=O)NCC1CCCCC1. The first kappa shape index (κ1) is 19.9. The molecule has 0 atom stereocenters. The predicted molar refractivity (Wildman–Crippen MR) is 103 cm³/mol. The number of ether oxygens (including phenoxy) is 1. The van der Waals surface area contributed by atoms with Crippen LogP contribution in [0.5, 0.6) is 0 Å². The van der Waals surface area contributed by atoms with E-state index in [0.717, 1.165) is 32.5 Å². The van der Waals surface area contributed by atoms with Gasteiger partial charge in [-0.2, -0.15) is 0 Å². The van der Waals surface area contributed by atoms with Gasteiger partial charge in [-0.25, -0.2) is 0 Å². The summed E-state index contributed by atoms with van der Waals surface area (Å²) in [5, 5.41) is 3.15. The van der Waals surface area contributed by atoms with Gasteiger partial charge in [-0.05, 0) is 43.7 Å². The number of benzene rings is 1. The first-order valence-electron chi connectivity index (χ1n) is 9.80. The van der Waals surface area contributed by atoms with Crippen LogP contribution in [0.15, 0.2) is 30.3 Å². The fourth-order valence-electron chi connectivity index (χ4n) is 3.55. The summed E-state index contributed by atoms with van der Waals surface area (Å²) in [6.07, 6.45) is 8.64. The molecule has 2 rings (SSSR count). The van der Waals surface area contributed by atoms with Crippen molar-refractivity contribution in [1.29, 1.82) is 0 Å². The lowest BCUT2D eigenvalue weighted by Gasteiger charge is -2.24. The maximum atomic E-state index is 12.3. The Morgan fingerprint density at radius 3 is 2.64 bits per heavy atom. The standard InChI is InChI=1S/C21H34N2O2/c1-25-16-15-23(14-8-13-19-9-4-2-5-10-19)18-21(24)22-17-20-11-6-3-7-12-20/h2,4-5,9-10,20H,3,6-8,11-18H2,1H3,(H,22,24). The van der Waals surface area contributed by atoms with Crippen LogP contribution in [0, 0.1) is 5.92 Å². The Morgan fingerprint density at radius 1 is 1.16 bits per heavy atom. The van der Waals surface area contributed by atoms with Crippen molar-refractivity contribution < 1.29 is 9.53 Å². The summed E-state index contributed by atoms with van der Waals surface area (Å²) < 4.78 is 5.20. The third kappa shape index (κ3) is 8.50. The molecule has 1 aliphatic rings. The van der Waals surface area contributed by atoms with E-state index in [4.69, 9.17) is 4.74 Å². The zero-order chi connectivity index (χ0) is 17.7. The zero-order valence-electron chi connectivity index (χ0n) is 15.7. The molecular formula is C21H34N2O2. The van der Waals surface area contributed by atoms with Crippen LogP contribution in [-0.2, 0) is 16.0 Å². The van der Waals surface area contributed by atoms with Gasteiger partial charge in [-0.3, -0.25) is 9.69 Å². The van der Waals surface area contributed by atoms with Crippen LogP contribution < -0.4 is 5.32 Å². The van der Waals surface area contributed by atoms with Crippen LogP contribution in [0.1, 0.15) is 44.1 Å². The molecule has 25 heavy (non-hydrogen) atoms. The lowest BCUT2D eigenvalue weighted by atomic mass is 9.89. The molecule has 0 bridgehead atoms. The summed E-state index contributed by atoms with van der Waals surface area (Å²) in [5.74, 6) is 0.838. The van der Waals surface area contributed by atoms with Crippen molar-refractivity contribution in [1.82, 2.24) is 10.2 Å². The third-order valence-electron chi connectivity index (χ3n) is 5.07. The largest absolute Gasteiger partial charge is 0.383 e. The average Bonchev–Trinajstić information content (AvgIpc) is 2.66. The van der Waals surface area contributed by atoms with Gasteiger partial charge in [0.05, 0.1) is 13.2 Å². The van der Waals surface area contributed by atoms with Crippen molar-refractivity contribution >= 4 is 5.91 Å². The van der Waals surface area contributed by atoms with Crippen LogP contribution in [-0.4, -0.2) is 50.7 Å². The van der Waals surface area contributed by atoms with Gasteiger partial charge in [0.25, 0.3) is 0 Å². The number of aryl methyl sites for hydroxylation is 1. The van der Waals surface area contributed by atoms with E-state index < -0.39 is 0 Å². The molecule has 0 heterocycles. The topological polar surface area (TPSA) is 41.6 Å². The van der Waals surface area contributed by atoms with Gasteiger partial charge < -0.3 is 10.1 Å². The Labute approximate surface area is 152 Å². The lowest BCUT2D eigenvalue weighted by Crippen LogP contribution is -2.41. The molecule has 1 N–H and O–H groups in total. The summed E-state index contributed by atoms with van der Waals surface area (Å²) in [7, 11) is 1.71. The van der Waals surface area contributed by atoms with Gasteiger partial charge in [0, 0.05) is 20.2 Å². The molecule has 0 aromatic heterocycles. The molecular weight excluding hydrogens is 312 g/mol. The van der Waals surface area contributed by atoms with Crippen molar-refractivity contribution in [3.05, 3.63) is 35.9 Å². The summed E-state index contributed by atoms with van der Waals surface area (Å²) in [6.45, 7) is 3.73. The maximum Gasteiger partial charge on any atom is 0.234 e. The van der Waals surface area contributed by atoms with E-state index in [1.807, 2.05) is 6.07 Å². The van der Waals surface area contributed by atoms with Crippen LogP contribution in [0.3, 0.4) is 0 Å². The summed E-state index contributed by atoms with van der Waals surface area (Å²) in [4.78, 5) is 14.5. The van der Waals surface area contributed by atoms with Crippen molar-refractivity contribution in [3.63, 3.8) is 0 Å². The van der Waals surface area contributed by atoms with Gasteiger partial charge in [0.1, 0.15) is 0 Å². The van der Waals surface area contributed by atoms with E-state index in [2.05, 4.69) is 34.5 Å². The van der Waals surface area contributed by atoms with Crippen LogP contribution in [0.2, 0.25) is 0 Å². The van der Waals surface area contributed by atoms with Crippen LogP contribution >= 0.6 is 0 Å². The molecule has 1 aromatic rings. The molecule has 0 radical (unpaired) electrons. The number of amides is 1. The summed E-state index contributed by atoms with van der Waals surface area (Å²) >= 11 is 0. The number of hydrogen-bond donors (Lipinski definition) is 1. The molecule has 1 amide bonds. The Balaban J connectivity index is 1.68. The quantitative estimate of drug-likeness (QED) is 0.669. The average molecular weight is 347 g/mol. The van der Waals surface area contributed by atoms with Gasteiger partial charge in [0.2, 0.25) is 5.91 Å². The number of nitrogens with one attached hydrogen (secondary N) is 1. The first-order valence-corrected chi connectivity index (χ1v) is 9.80. The highest BCUT2D eigenvalue weighted by Crippen LogP contribution is 2.22. The summed E-state index contributed by atoms with van der Waals surface area (Å²) in [6, 6.07) is 10.5. The molecule has 1 saturated carbocycles. The summed E-state index contributed by atoms with van der Waals surface area (Å²) in [5.41, 5.74) is 1.36. The Bertz CT molecular complexity index is 472. The number of rotatable bonds is 11. The fourth-order valence-corrected chi connectivity index (χ4v) is 3.55. The second kappa shape index (κ2) is 12.0. The second-order valence-electron chi connectivity index (χ2n) is 7.17. The van der Waals surface area contributed by atoms with Crippen molar-refractivity contribution in [2.75, 3.05) is 39.9 Å². The van der Waals surface area contributed by atoms with Gasteiger partial charge in [0.15, 0.2) is 0 Å². The van der Waals surface area contributed by atoms with E-state index in [9.17, 15) is 4.79 Å². The van der Waals surface area contributed by atoms with Gasteiger partial charge in [-0.15, -0.1) is 0 Å². The molecule has 4 nitrogen and oxygen atoms in total. The minimum Gasteiger partial charge on any atom is -0.383 e. The zero-order valence-corrected chi connectivity index (χ0v) is 15.7. The maximum absolute atomic E-state index is 12.3. The molecule has 0 unspecified atom stereocenters. The second-order valence-corrected chi connectivity index (χ2v) is 7.17. The minimum absolute atomic E-state index is 0.154. The number of hydrogen-bond acceptors (Lipinski definition) is 3. The van der Waals surface area contributed by atoms with E-state index in [0.29, 0.717) is 19.1 Å². The van der Waals surface area contributed by atoms with E-state index >= 15 is 0 Å². The monoisotopic (exact) mass is 346 g/mol. The fraction of sp³-hybridized carbons (Fsp3) is 0.667. The molecule has 0 aliphatic heterocycles. The van der Waals surface area contributed by atoms with Gasteiger partial charge >= 0.3 is 0 Å². The third-order valence-corrected chi connectivity index (χ3v) is 5.07. The Kier molecular flexibility index (Phi) is 9.60. The van der Waals surface area contributed by atoms with Crippen LogP contribution in [0.4, 0.5) is 0 Å². The molecule has 0 spiro atoms. The number of methoxy groups -OCH3 is 1. The van der Waals surface area contributed by atoms with Gasteiger partial charge in [-0.1, -0.05) is 49.6 Å². The van der Waals surface area contributed by atoms with Crippen LogP contribution in [0.25, 0.3) is 0 Å². The first-order chi connectivity index (χ1) is 12.3. The van der Waals surface area contributed by atoms with E-state index in [1.54, 1.807) is 7.11 Å². The highest BCUT2D eigenvalue weighted by atomic mass is 16.5. The Morgan fingerprint density at radius 2 is 1.92 bits per heavy atom. The molecule has 1 aliphatic carbocycles. The molecule has 140 valence electrons. The predicted octanol–water partition coefficient (Wildman–Crippen LogP) is 3.26. The Hall–Kier alpha value is -1.39. The normalized spacial score (nSPS) is 15.4. The number of carbonyl (C=O) groups is 1. The van der Waals surface area contributed by atoms with Crippen molar-refractivity contribution in [2.45, 2.75) is 44.9 Å². The smallest absolute Gasteiger partial charge is 0.234 e. The number of carbonyl (C=O) groups excluding carboxylic acids is 1. The van der Waals surface area contributed by atoms with E-state index in [-0.39, 0.29) is 5.91 Å². The highest BCUT2D eigenvalue weighted by molar-refractivity contribution is 5.78. The lowest BCUT2D eigenvalue weighted by molar-refractivity contribution is -0.122. The molecule has 4 heteroatoms. The molecule has 0 saturated heterocycles. The number of nitrogens with zero attached hydrogens (tertiary/aromatic N) is 1. The molecule has 1 fully saturated rings.